The molecule has 3 N–H and O–H groups in total. The molecule has 2 unspecified atom stereocenters. The first-order chi connectivity index (χ1) is 9.71. The van der Waals surface area contributed by atoms with E-state index in [1.165, 1.54) is 6.42 Å². The van der Waals surface area contributed by atoms with E-state index >= 15 is 0 Å². The van der Waals surface area contributed by atoms with Gasteiger partial charge in [0.25, 0.3) is 0 Å². The van der Waals surface area contributed by atoms with Crippen molar-refractivity contribution in [3.8, 4) is 0 Å². The van der Waals surface area contributed by atoms with Crippen molar-refractivity contribution in [2.45, 2.75) is 62.6 Å². The molecule has 5 heteroatoms. The van der Waals surface area contributed by atoms with E-state index in [-0.39, 0.29) is 12.0 Å². The van der Waals surface area contributed by atoms with Gasteiger partial charge < -0.3 is 15.2 Å². The van der Waals surface area contributed by atoms with Gasteiger partial charge >= 0.3 is 0 Å². The van der Waals surface area contributed by atoms with Crippen LogP contribution in [0.25, 0.3) is 0 Å². The number of ether oxygens (including phenoxy) is 2. The van der Waals surface area contributed by atoms with Crippen LogP contribution < -0.4 is 11.1 Å². The van der Waals surface area contributed by atoms with Crippen LogP contribution in [0.2, 0.25) is 0 Å². The Morgan fingerprint density at radius 1 is 1.25 bits per heavy atom. The number of carbonyl (C=O) groups is 1. The number of hydrogen-bond acceptors (Lipinski definition) is 4. The van der Waals surface area contributed by atoms with E-state index in [9.17, 15) is 4.79 Å². The summed E-state index contributed by atoms with van der Waals surface area (Å²) in [6, 6.07) is 0.456. The Balaban J connectivity index is 1.53. The Morgan fingerprint density at radius 2 is 2.05 bits per heavy atom. The zero-order valence-corrected chi connectivity index (χ0v) is 12.1. The standard InChI is InChI=1S/C15H26N2O3/c16-14(18)15(11-4-5-11,17-12-6-7-12)10-19-9-13-3-1-2-8-20-13/h11-13,17H,1-10H2,(H2,16,18). The third-order valence-corrected chi connectivity index (χ3v) is 4.66. The van der Waals surface area contributed by atoms with E-state index in [0.29, 0.717) is 25.2 Å². The van der Waals surface area contributed by atoms with Gasteiger partial charge in [-0.3, -0.25) is 10.1 Å². The lowest BCUT2D eigenvalue weighted by Gasteiger charge is -2.33. The summed E-state index contributed by atoms with van der Waals surface area (Å²) in [5.74, 6) is 0.101. The second-order valence-corrected chi connectivity index (χ2v) is 6.53. The molecule has 0 radical (unpaired) electrons. The summed E-state index contributed by atoms with van der Waals surface area (Å²) >= 11 is 0. The maximum atomic E-state index is 12.0. The van der Waals surface area contributed by atoms with Gasteiger partial charge in [-0.2, -0.15) is 0 Å². The maximum absolute atomic E-state index is 12.0. The van der Waals surface area contributed by atoms with E-state index in [4.69, 9.17) is 15.2 Å². The minimum absolute atomic E-state index is 0.189. The predicted molar refractivity (Wildman–Crippen MR) is 75.2 cm³/mol. The lowest BCUT2D eigenvalue weighted by atomic mass is 9.93. The van der Waals surface area contributed by atoms with Gasteiger partial charge in [0.2, 0.25) is 5.91 Å². The molecule has 0 spiro atoms. The predicted octanol–water partition coefficient (Wildman–Crippen LogP) is 0.958. The van der Waals surface area contributed by atoms with Crippen molar-refractivity contribution in [1.82, 2.24) is 5.32 Å². The van der Waals surface area contributed by atoms with Crippen LogP contribution in [-0.2, 0) is 14.3 Å². The average molecular weight is 282 g/mol. The summed E-state index contributed by atoms with van der Waals surface area (Å²) in [6.45, 7) is 1.80. The summed E-state index contributed by atoms with van der Waals surface area (Å²) in [7, 11) is 0. The fourth-order valence-electron chi connectivity index (χ4n) is 3.08. The molecular formula is C15H26N2O3. The first-order valence-electron chi connectivity index (χ1n) is 7.97. The van der Waals surface area contributed by atoms with Crippen LogP contribution in [0.15, 0.2) is 0 Å². The molecule has 2 atom stereocenters. The van der Waals surface area contributed by atoms with Gasteiger partial charge in [-0.05, 0) is 50.9 Å². The Labute approximate surface area is 120 Å². The minimum Gasteiger partial charge on any atom is -0.376 e. The fourth-order valence-corrected chi connectivity index (χ4v) is 3.08. The zero-order chi connectivity index (χ0) is 14.0. The molecule has 0 aromatic heterocycles. The SMILES string of the molecule is NC(=O)C(COCC1CCCCO1)(NC1CC1)C1CC1. The molecule has 0 aromatic rings. The highest BCUT2D eigenvalue weighted by molar-refractivity contribution is 5.86. The highest BCUT2D eigenvalue weighted by Crippen LogP contribution is 2.41. The Kier molecular flexibility index (Phi) is 4.29. The zero-order valence-electron chi connectivity index (χ0n) is 12.1. The minimum atomic E-state index is -0.643. The van der Waals surface area contributed by atoms with Gasteiger partial charge in [-0.25, -0.2) is 0 Å². The summed E-state index contributed by atoms with van der Waals surface area (Å²) in [5.41, 5.74) is 5.05. The van der Waals surface area contributed by atoms with Crippen LogP contribution in [0.5, 0.6) is 0 Å². The second-order valence-electron chi connectivity index (χ2n) is 6.53. The Morgan fingerprint density at radius 3 is 2.60 bits per heavy atom. The number of primary amides is 1. The number of nitrogens with one attached hydrogen (secondary N) is 1. The molecule has 1 aliphatic heterocycles. The molecule has 0 bridgehead atoms. The summed E-state index contributed by atoms with van der Waals surface area (Å²) < 4.78 is 11.5. The molecule has 2 saturated carbocycles. The van der Waals surface area contributed by atoms with Crippen molar-refractivity contribution in [1.29, 1.82) is 0 Å². The summed E-state index contributed by atoms with van der Waals surface area (Å²) in [5, 5.41) is 3.46. The maximum Gasteiger partial charge on any atom is 0.240 e. The summed E-state index contributed by atoms with van der Waals surface area (Å²) in [4.78, 5) is 12.0. The fraction of sp³-hybridized carbons (Fsp3) is 0.933. The Bertz CT molecular complexity index is 349. The molecule has 1 heterocycles. The van der Waals surface area contributed by atoms with Crippen LogP contribution in [0.4, 0.5) is 0 Å². The highest BCUT2D eigenvalue weighted by atomic mass is 16.5. The molecule has 1 amide bonds. The number of carbonyl (C=O) groups excluding carboxylic acids is 1. The number of hydrogen-bond donors (Lipinski definition) is 2. The van der Waals surface area contributed by atoms with Crippen molar-refractivity contribution >= 4 is 5.91 Å². The van der Waals surface area contributed by atoms with Crippen molar-refractivity contribution in [3.63, 3.8) is 0 Å². The van der Waals surface area contributed by atoms with E-state index < -0.39 is 5.54 Å². The number of amides is 1. The molecule has 0 aromatic carbocycles. The van der Waals surface area contributed by atoms with Crippen LogP contribution in [0.1, 0.15) is 44.9 Å². The van der Waals surface area contributed by atoms with Gasteiger partial charge in [-0.15, -0.1) is 0 Å². The average Bonchev–Trinajstić information content (AvgIpc) is 3.31. The second kappa shape index (κ2) is 6.00. The van der Waals surface area contributed by atoms with Crippen molar-refractivity contribution in [2.24, 2.45) is 11.7 Å². The smallest absolute Gasteiger partial charge is 0.240 e. The summed E-state index contributed by atoms with van der Waals surface area (Å²) in [6.07, 6.45) is 8.04. The van der Waals surface area contributed by atoms with Crippen molar-refractivity contribution in [2.75, 3.05) is 19.8 Å². The van der Waals surface area contributed by atoms with Crippen molar-refractivity contribution in [3.05, 3.63) is 0 Å². The largest absolute Gasteiger partial charge is 0.376 e. The molecule has 114 valence electrons. The molecule has 5 nitrogen and oxygen atoms in total. The van der Waals surface area contributed by atoms with Gasteiger partial charge in [-0.1, -0.05) is 0 Å². The molecule has 2 aliphatic carbocycles. The van der Waals surface area contributed by atoms with E-state index in [1.807, 2.05) is 0 Å². The van der Waals surface area contributed by atoms with E-state index in [2.05, 4.69) is 5.32 Å². The first kappa shape index (κ1) is 14.3. The quantitative estimate of drug-likeness (QED) is 0.695. The number of nitrogens with two attached hydrogens (primary N) is 1. The molecule has 3 fully saturated rings. The number of rotatable bonds is 8. The topological polar surface area (TPSA) is 73.6 Å². The van der Waals surface area contributed by atoms with Crippen molar-refractivity contribution < 1.29 is 14.3 Å². The highest BCUT2D eigenvalue weighted by Gasteiger charge is 2.52. The first-order valence-corrected chi connectivity index (χ1v) is 7.97. The Hall–Kier alpha value is -0.650. The molecular weight excluding hydrogens is 256 g/mol. The van der Waals surface area contributed by atoms with Gasteiger partial charge in [0, 0.05) is 12.6 Å². The third kappa shape index (κ3) is 3.32. The lowest BCUT2D eigenvalue weighted by Crippen LogP contribution is -2.61. The third-order valence-electron chi connectivity index (χ3n) is 4.66. The normalized spacial score (nSPS) is 29.9. The lowest BCUT2D eigenvalue weighted by molar-refractivity contribution is -0.130. The molecule has 1 saturated heterocycles. The van der Waals surface area contributed by atoms with Gasteiger partial charge in [0.1, 0.15) is 5.54 Å². The molecule has 3 rings (SSSR count). The van der Waals surface area contributed by atoms with Crippen LogP contribution in [0.3, 0.4) is 0 Å². The van der Waals surface area contributed by atoms with Gasteiger partial charge in [0.15, 0.2) is 0 Å². The van der Waals surface area contributed by atoms with Gasteiger partial charge in [0.05, 0.1) is 19.3 Å². The molecule has 3 aliphatic rings. The van der Waals surface area contributed by atoms with Crippen LogP contribution in [0, 0.1) is 5.92 Å². The van der Waals surface area contributed by atoms with E-state index in [1.54, 1.807) is 0 Å². The molecule has 20 heavy (non-hydrogen) atoms. The van der Waals surface area contributed by atoms with Crippen LogP contribution >= 0.6 is 0 Å². The van der Waals surface area contributed by atoms with Crippen LogP contribution in [-0.4, -0.2) is 43.4 Å². The van der Waals surface area contributed by atoms with E-state index in [0.717, 1.165) is 45.1 Å². The monoisotopic (exact) mass is 282 g/mol.